The summed E-state index contributed by atoms with van der Waals surface area (Å²) < 4.78 is 45.9. The maximum Gasteiger partial charge on any atom is 0.573 e. The topological polar surface area (TPSA) is 143 Å². The Bertz CT molecular complexity index is 1260. The molecule has 1 aliphatic rings. The number of aromatic nitrogens is 3. The largest absolute Gasteiger partial charge is 0.573 e. The van der Waals surface area contributed by atoms with Crippen LogP contribution >= 0.6 is 0 Å². The van der Waals surface area contributed by atoms with Gasteiger partial charge < -0.3 is 29.8 Å². The summed E-state index contributed by atoms with van der Waals surface area (Å²) in [5, 5.41) is 21.7. The lowest BCUT2D eigenvalue weighted by Gasteiger charge is -2.33. The van der Waals surface area contributed by atoms with Crippen molar-refractivity contribution >= 4 is 35.1 Å². The molecule has 4 rings (SSSR count). The van der Waals surface area contributed by atoms with Gasteiger partial charge in [-0.05, 0) is 61.6 Å². The van der Waals surface area contributed by atoms with E-state index in [0.29, 0.717) is 24.5 Å². The van der Waals surface area contributed by atoms with Gasteiger partial charge in [-0.1, -0.05) is 5.10 Å². The maximum atomic E-state index is 12.5. The van der Waals surface area contributed by atoms with Crippen LogP contribution in [0, 0.1) is 12.8 Å². The molecule has 14 heteroatoms. The van der Waals surface area contributed by atoms with E-state index in [0.717, 1.165) is 36.4 Å². The van der Waals surface area contributed by atoms with Crippen molar-refractivity contribution in [3.63, 3.8) is 0 Å². The summed E-state index contributed by atoms with van der Waals surface area (Å²) >= 11 is 0. The number of anilines is 4. The van der Waals surface area contributed by atoms with Crippen LogP contribution in [0.1, 0.15) is 35.5 Å². The smallest absolute Gasteiger partial charge is 0.481 e. The summed E-state index contributed by atoms with van der Waals surface area (Å²) in [7, 11) is 0. The molecule has 0 saturated carbocycles. The molecule has 0 unspecified atom stereocenters. The molecule has 0 atom stereocenters. The molecule has 3 N–H and O–H groups in total. The number of hydrogen-bond acceptors (Lipinski definition) is 9. The minimum atomic E-state index is -4.79. The number of carbonyl (C=O) groups excluding carboxylic acids is 1. The molecule has 1 amide bonds. The average Bonchev–Trinajstić information content (AvgIpc) is 3.29. The van der Waals surface area contributed by atoms with E-state index in [-0.39, 0.29) is 30.0 Å². The normalized spacial score (nSPS) is 14.3. The first-order valence-electron chi connectivity index (χ1n) is 11.3. The van der Waals surface area contributed by atoms with Crippen LogP contribution in [0.2, 0.25) is 0 Å². The minimum Gasteiger partial charge on any atom is -0.481 e. The van der Waals surface area contributed by atoms with Crippen molar-refractivity contribution in [3.8, 4) is 5.75 Å². The van der Waals surface area contributed by atoms with Crippen LogP contribution in [-0.4, -0.2) is 51.6 Å². The molecule has 0 radical (unpaired) electrons. The monoisotopic (exact) mass is 520 g/mol. The number of piperidine rings is 1. The molecule has 3 aromatic rings. The number of aliphatic carboxylic acids is 1. The lowest BCUT2D eigenvalue weighted by atomic mass is 9.93. The van der Waals surface area contributed by atoms with Gasteiger partial charge in [0.2, 0.25) is 0 Å². The van der Waals surface area contributed by atoms with Gasteiger partial charge in [0.05, 0.1) is 11.9 Å². The Hall–Kier alpha value is -4.36. The summed E-state index contributed by atoms with van der Waals surface area (Å²) in [6, 6.07) is 6.47. The van der Waals surface area contributed by atoms with E-state index in [9.17, 15) is 22.8 Å². The fourth-order valence-electron chi connectivity index (χ4n) is 3.98. The predicted octanol–water partition coefficient (Wildman–Crippen LogP) is 4.36. The highest BCUT2D eigenvalue weighted by atomic mass is 19.4. The molecule has 0 spiro atoms. The van der Waals surface area contributed by atoms with Crippen molar-refractivity contribution < 1.29 is 37.0 Å². The van der Waals surface area contributed by atoms with Crippen molar-refractivity contribution in [2.75, 3.05) is 28.6 Å². The van der Waals surface area contributed by atoms with Gasteiger partial charge in [0, 0.05) is 25.2 Å². The lowest BCUT2D eigenvalue weighted by Crippen LogP contribution is -2.35. The van der Waals surface area contributed by atoms with Crippen molar-refractivity contribution in [1.82, 2.24) is 15.2 Å². The third kappa shape index (κ3) is 7.08. The SMILES string of the molecule is Cc1cc(NC(=O)c2nnc(Nc3ccc(OC(F)(F)F)cc3)o2)cnc1N1CCC(CC(=O)O)CC1. The van der Waals surface area contributed by atoms with Crippen LogP contribution in [0.15, 0.2) is 40.9 Å². The molecule has 3 heterocycles. The zero-order chi connectivity index (χ0) is 26.6. The summed E-state index contributed by atoms with van der Waals surface area (Å²) in [5.74, 6) is -1.25. The second kappa shape index (κ2) is 10.7. The van der Waals surface area contributed by atoms with Gasteiger partial charge in [0.15, 0.2) is 0 Å². The summed E-state index contributed by atoms with van der Waals surface area (Å²) in [6.45, 7) is 3.27. The van der Waals surface area contributed by atoms with Crippen LogP contribution in [0.3, 0.4) is 0 Å². The van der Waals surface area contributed by atoms with E-state index in [2.05, 4.69) is 35.5 Å². The van der Waals surface area contributed by atoms with Crippen molar-refractivity contribution in [2.24, 2.45) is 5.92 Å². The number of alkyl halides is 3. The van der Waals surface area contributed by atoms with Gasteiger partial charge in [-0.2, -0.15) is 0 Å². The Morgan fingerprint density at radius 3 is 2.49 bits per heavy atom. The van der Waals surface area contributed by atoms with Crippen LogP contribution in [0.25, 0.3) is 0 Å². The molecular weight excluding hydrogens is 497 g/mol. The predicted molar refractivity (Wildman–Crippen MR) is 125 cm³/mol. The number of halogens is 3. The quantitative estimate of drug-likeness (QED) is 0.392. The number of rotatable bonds is 8. The summed E-state index contributed by atoms with van der Waals surface area (Å²) in [4.78, 5) is 30.0. The van der Waals surface area contributed by atoms with Crippen LogP contribution in [0.5, 0.6) is 5.75 Å². The first kappa shape index (κ1) is 25.7. The van der Waals surface area contributed by atoms with Gasteiger partial charge in [-0.25, -0.2) is 4.98 Å². The zero-order valence-electron chi connectivity index (χ0n) is 19.6. The number of amides is 1. The third-order valence-corrected chi connectivity index (χ3v) is 5.64. The number of hydrogen-bond donors (Lipinski definition) is 3. The molecule has 37 heavy (non-hydrogen) atoms. The Kier molecular flexibility index (Phi) is 7.45. The molecule has 196 valence electrons. The number of nitrogens with one attached hydrogen (secondary N) is 2. The molecule has 11 nitrogen and oxygen atoms in total. The van der Waals surface area contributed by atoms with Gasteiger partial charge in [-0.3, -0.25) is 9.59 Å². The molecule has 0 aliphatic carbocycles. The van der Waals surface area contributed by atoms with E-state index in [4.69, 9.17) is 9.52 Å². The van der Waals surface area contributed by atoms with Gasteiger partial charge in [0.1, 0.15) is 11.6 Å². The first-order valence-corrected chi connectivity index (χ1v) is 11.3. The van der Waals surface area contributed by atoms with Crippen LogP contribution < -0.4 is 20.3 Å². The fraction of sp³-hybridized carbons (Fsp3) is 0.348. The highest BCUT2D eigenvalue weighted by Crippen LogP contribution is 2.28. The van der Waals surface area contributed by atoms with E-state index < -0.39 is 18.2 Å². The molecule has 2 aromatic heterocycles. The Balaban J connectivity index is 1.32. The van der Waals surface area contributed by atoms with Gasteiger partial charge in [-0.15, -0.1) is 18.3 Å². The van der Waals surface area contributed by atoms with Gasteiger partial charge in [0.25, 0.3) is 0 Å². The Labute approximate surface area is 208 Å². The number of ether oxygens (including phenoxy) is 1. The number of benzene rings is 1. The molecular formula is C23H23F3N6O5. The maximum absolute atomic E-state index is 12.5. The third-order valence-electron chi connectivity index (χ3n) is 5.64. The number of carboxylic acids is 1. The highest BCUT2D eigenvalue weighted by Gasteiger charge is 2.31. The summed E-state index contributed by atoms with van der Waals surface area (Å²) in [6.07, 6.45) is -1.58. The minimum absolute atomic E-state index is 0.134. The Morgan fingerprint density at radius 2 is 1.86 bits per heavy atom. The first-order chi connectivity index (χ1) is 17.6. The number of nitrogens with zero attached hydrogens (tertiary/aromatic N) is 4. The van der Waals surface area contributed by atoms with Crippen molar-refractivity contribution in [1.29, 1.82) is 0 Å². The van der Waals surface area contributed by atoms with Crippen LogP contribution in [0.4, 0.5) is 36.4 Å². The molecule has 1 saturated heterocycles. The number of aryl methyl sites for hydroxylation is 1. The number of carboxylic acid groups (broad SMARTS) is 1. The van der Waals surface area contributed by atoms with Crippen molar-refractivity contribution in [3.05, 3.63) is 48.0 Å². The summed E-state index contributed by atoms with van der Waals surface area (Å²) in [5.41, 5.74) is 1.59. The molecule has 0 bridgehead atoms. The second-order valence-corrected chi connectivity index (χ2v) is 8.46. The Morgan fingerprint density at radius 1 is 1.16 bits per heavy atom. The lowest BCUT2D eigenvalue weighted by molar-refractivity contribution is -0.274. The van der Waals surface area contributed by atoms with Crippen LogP contribution in [-0.2, 0) is 4.79 Å². The second-order valence-electron chi connectivity index (χ2n) is 8.46. The molecule has 1 aromatic carbocycles. The number of pyridine rings is 1. The van der Waals surface area contributed by atoms with Gasteiger partial charge >= 0.3 is 30.1 Å². The van der Waals surface area contributed by atoms with E-state index >= 15 is 0 Å². The van der Waals surface area contributed by atoms with E-state index in [1.54, 1.807) is 6.07 Å². The number of carbonyl (C=O) groups is 2. The highest BCUT2D eigenvalue weighted by molar-refractivity contribution is 6.01. The average molecular weight is 520 g/mol. The molecule has 1 aliphatic heterocycles. The van der Waals surface area contributed by atoms with E-state index in [1.807, 2.05) is 6.92 Å². The van der Waals surface area contributed by atoms with E-state index in [1.165, 1.54) is 18.3 Å². The fourth-order valence-corrected chi connectivity index (χ4v) is 3.98. The molecule has 1 fully saturated rings. The zero-order valence-corrected chi connectivity index (χ0v) is 19.6. The standard InChI is InChI=1S/C23H23F3N6O5/c1-13-10-16(12-27-19(13)32-8-6-14(7-9-32)11-18(33)34)28-20(35)21-30-31-22(36-21)29-15-2-4-17(5-3-15)37-23(24,25)26/h2-5,10,12,14H,6-9,11H2,1H3,(H,28,35)(H,29,31)(H,33,34). The van der Waals surface area contributed by atoms with Crippen molar-refractivity contribution in [2.45, 2.75) is 32.5 Å².